The second-order valence-electron chi connectivity index (χ2n) is 6.63. The van der Waals surface area contributed by atoms with Gasteiger partial charge in [0, 0.05) is 18.4 Å². The van der Waals surface area contributed by atoms with Crippen molar-refractivity contribution in [3.63, 3.8) is 0 Å². The zero-order valence-corrected chi connectivity index (χ0v) is 15.9. The van der Waals surface area contributed by atoms with Crippen molar-refractivity contribution in [1.29, 1.82) is 0 Å². The number of urea groups is 1. The Morgan fingerprint density at radius 3 is 2.46 bits per heavy atom. The predicted octanol–water partition coefficient (Wildman–Crippen LogP) is 4.47. The fraction of sp³-hybridized carbons (Fsp3) is 0.333. The Morgan fingerprint density at radius 1 is 1.04 bits per heavy atom. The van der Waals surface area contributed by atoms with Crippen molar-refractivity contribution < 1.29 is 9.59 Å². The average molecular weight is 353 g/mol. The summed E-state index contributed by atoms with van der Waals surface area (Å²) in [5.41, 5.74) is 3.74. The standard InChI is InChI=1S/C21H27N3O2/c1-5-16-9-6-7-12-19(16)23-20(25)14-24(4)21(26)22-18-11-8-10-17(13-18)15(2)3/h6-13,15H,5,14H2,1-4H3,(H,22,26)(H,23,25). The number of para-hydroxylation sites is 1. The number of amides is 3. The number of nitrogens with one attached hydrogen (secondary N) is 2. The van der Waals surface area contributed by atoms with Gasteiger partial charge in [0.1, 0.15) is 6.54 Å². The van der Waals surface area contributed by atoms with Gasteiger partial charge < -0.3 is 15.5 Å². The molecule has 0 spiro atoms. The van der Waals surface area contributed by atoms with Crippen LogP contribution in [0.15, 0.2) is 48.5 Å². The van der Waals surface area contributed by atoms with Gasteiger partial charge in [0.05, 0.1) is 0 Å². The minimum Gasteiger partial charge on any atom is -0.324 e. The van der Waals surface area contributed by atoms with Crippen LogP contribution in [0.1, 0.15) is 37.8 Å². The summed E-state index contributed by atoms with van der Waals surface area (Å²) in [5, 5.41) is 5.71. The topological polar surface area (TPSA) is 61.4 Å². The number of rotatable bonds is 6. The normalized spacial score (nSPS) is 10.5. The average Bonchev–Trinajstić information content (AvgIpc) is 2.62. The molecule has 0 heterocycles. The Kier molecular flexibility index (Phi) is 6.78. The molecule has 138 valence electrons. The summed E-state index contributed by atoms with van der Waals surface area (Å²) in [4.78, 5) is 26.0. The van der Waals surface area contributed by atoms with Gasteiger partial charge in [0.25, 0.3) is 0 Å². The summed E-state index contributed by atoms with van der Waals surface area (Å²) in [5.74, 6) is 0.161. The highest BCUT2D eigenvalue weighted by Gasteiger charge is 2.14. The molecular formula is C21H27N3O2. The Balaban J connectivity index is 1.94. The first-order valence-corrected chi connectivity index (χ1v) is 8.90. The molecule has 0 radical (unpaired) electrons. The van der Waals surface area contributed by atoms with Gasteiger partial charge >= 0.3 is 6.03 Å². The maximum absolute atomic E-state index is 12.3. The Hall–Kier alpha value is -2.82. The van der Waals surface area contributed by atoms with Crippen molar-refractivity contribution in [2.75, 3.05) is 24.2 Å². The summed E-state index contributed by atoms with van der Waals surface area (Å²) in [6.45, 7) is 6.22. The first-order valence-electron chi connectivity index (χ1n) is 8.90. The molecule has 5 heteroatoms. The molecule has 2 aromatic carbocycles. The smallest absolute Gasteiger partial charge is 0.322 e. The van der Waals surface area contributed by atoms with Crippen LogP contribution in [0, 0.1) is 0 Å². The number of carbonyl (C=O) groups is 2. The molecule has 0 aliphatic rings. The molecule has 26 heavy (non-hydrogen) atoms. The van der Waals surface area contributed by atoms with Crippen molar-refractivity contribution in [3.8, 4) is 0 Å². The molecule has 0 bridgehead atoms. The lowest BCUT2D eigenvalue weighted by atomic mass is 10.0. The highest BCUT2D eigenvalue weighted by atomic mass is 16.2. The number of anilines is 2. The Labute approximate surface area is 155 Å². The summed E-state index contributed by atoms with van der Waals surface area (Å²) >= 11 is 0. The molecule has 2 rings (SSSR count). The van der Waals surface area contributed by atoms with E-state index < -0.39 is 0 Å². The first-order chi connectivity index (χ1) is 12.4. The van der Waals surface area contributed by atoms with Gasteiger partial charge in [-0.1, -0.05) is 51.1 Å². The van der Waals surface area contributed by atoms with Crippen molar-refractivity contribution in [2.45, 2.75) is 33.1 Å². The van der Waals surface area contributed by atoms with E-state index in [0.29, 0.717) is 5.92 Å². The molecule has 0 saturated carbocycles. The van der Waals surface area contributed by atoms with Crippen molar-refractivity contribution in [1.82, 2.24) is 4.90 Å². The Bertz CT molecular complexity index is 771. The fourth-order valence-electron chi connectivity index (χ4n) is 2.62. The molecule has 5 nitrogen and oxygen atoms in total. The zero-order valence-electron chi connectivity index (χ0n) is 15.9. The lowest BCUT2D eigenvalue weighted by Crippen LogP contribution is -2.37. The van der Waals surface area contributed by atoms with Gasteiger partial charge in [-0.05, 0) is 41.7 Å². The van der Waals surface area contributed by atoms with E-state index in [1.54, 1.807) is 7.05 Å². The maximum Gasteiger partial charge on any atom is 0.322 e. The van der Waals surface area contributed by atoms with E-state index in [1.165, 1.54) is 4.90 Å². The Morgan fingerprint density at radius 2 is 1.77 bits per heavy atom. The van der Waals surface area contributed by atoms with Gasteiger partial charge in [-0.3, -0.25) is 4.79 Å². The molecule has 3 amide bonds. The van der Waals surface area contributed by atoms with E-state index in [2.05, 4.69) is 24.5 Å². The van der Waals surface area contributed by atoms with Gasteiger partial charge in [-0.25, -0.2) is 4.79 Å². The minimum atomic E-state index is -0.315. The summed E-state index contributed by atoms with van der Waals surface area (Å²) in [6, 6.07) is 15.1. The van der Waals surface area contributed by atoms with E-state index in [4.69, 9.17) is 0 Å². The van der Waals surface area contributed by atoms with Gasteiger partial charge in [0.2, 0.25) is 5.91 Å². The largest absolute Gasteiger partial charge is 0.324 e. The third-order valence-corrected chi connectivity index (χ3v) is 4.20. The zero-order chi connectivity index (χ0) is 19.1. The van der Waals surface area contributed by atoms with Gasteiger partial charge in [-0.15, -0.1) is 0 Å². The van der Waals surface area contributed by atoms with Crippen LogP contribution in [-0.4, -0.2) is 30.4 Å². The number of hydrogen-bond acceptors (Lipinski definition) is 2. The molecule has 0 atom stereocenters. The minimum absolute atomic E-state index is 0.0201. The van der Waals surface area contributed by atoms with E-state index in [0.717, 1.165) is 28.9 Å². The summed E-state index contributed by atoms with van der Waals surface area (Å²) < 4.78 is 0. The van der Waals surface area contributed by atoms with Crippen LogP contribution in [0.4, 0.5) is 16.2 Å². The molecule has 2 aromatic rings. The van der Waals surface area contributed by atoms with E-state index in [-0.39, 0.29) is 18.5 Å². The molecular weight excluding hydrogens is 326 g/mol. The number of aryl methyl sites for hydroxylation is 1. The van der Waals surface area contributed by atoms with E-state index in [9.17, 15) is 9.59 Å². The van der Waals surface area contributed by atoms with E-state index >= 15 is 0 Å². The van der Waals surface area contributed by atoms with E-state index in [1.807, 2.05) is 55.5 Å². The van der Waals surface area contributed by atoms with Crippen LogP contribution in [0.5, 0.6) is 0 Å². The summed E-state index contributed by atoms with van der Waals surface area (Å²) in [7, 11) is 1.60. The monoisotopic (exact) mass is 353 g/mol. The molecule has 2 N–H and O–H groups in total. The van der Waals surface area contributed by atoms with Crippen molar-refractivity contribution in [2.24, 2.45) is 0 Å². The number of nitrogens with zero attached hydrogens (tertiary/aromatic N) is 1. The molecule has 0 unspecified atom stereocenters. The SMILES string of the molecule is CCc1ccccc1NC(=O)CN(C)C(=O)Nc1cccc(C(C)C)c1. The molecule has 0 saturated heterocycles. The maximum atomic E-state index is 12.3. The number of carbonyl (C=O) groups excluding carboxylic acids is 2. The van der Waals surface area contributed by atoms with Crippen LogP contribution in [-0.2, 0) is 11.2 Å². The quantitative estimate of drug-likeness (QED) is 0.804. The summed E-state index contributed by atoms with van der Waals surface area (Å²) in [6.07, 6.45) is 0.832. The first kappa shape index (κ1) is 19.5. The van der Waals surface area contributed by atoms with Crippen molar-refractivity contribution >= 4 is 23.3 Å². The lowest BCUT2D eigenvalue weighted by Gasteiger charge is -2.19. The number of hydrogen-bond donors (Lipinski definition) is 2. The van der Waals surface area contributed by atoms with Crippen LogP contribution in [0.3, 0.4) is 0 Å². The van der Waals surface area contributed by atoms with Crippen molar-refractivity contribution in [3.05, 3.63) is 59.7 Å². The van der Waals surface area contributed by atoms with Crippen LogP contribution < -0.4 is 10.6 Å². The number of likely N-dealkylation sites (N-methyl/N-ethyl adjacent to an activating group) is 1. The second kappa shape index (κ2) is 9.04. The highest BCUT2D eigenvalue weighted by molar-refractivity contribution is 5.97. The van der Waals surface area contributed by atoms with Crippen LogP contribution in [0.2, 0.25) is 0 Å². The predicted molar refractivity (Wildman–Crippen MR) is 107 cm³/mol. The third-order valence-electron chi connectivity index (χ3n) is 4.20. The van der Waals surface area contributed by atoms with Crippen LogP contribution in [0.25, 0.3) is 0 Å². The molecule has 0 aliphatic heterocycles. The highest BCUT2D eigenvalue weighted by Crippen LogP contribution is 2.19. The molecule has 0 fully saturated rings. The third kappa shape index (κ3) is 5.34. The van der Waals surface area contributed by atoms with Crippen LogP contribution >= 0.6 is 0 Å². The fourth-order valence-corrected chi connectivity index (χ4v) is 2.62. The second-order valence-corrected chi connectivity index (χ2v) is 6.63. The molecule has 0 aliphatic carbocycles. The van der Waals surface area contributed by atoms with Gasteiger partial charge in [0.15, 0.2) is 0 Å². The lowest BCUT2D eigenvalue weighted by molar-refractivity contribution is -0.116. The molecule has 0 aromatic heterocycles. The number of benzene rings is 2. The van der Waals surface area contributed by atoms with Gasteiger partial charge in [-0.2, -0.15) is 0 Å².